The Morgan fingerprint density at radius 2 is 2.32 bits per heavy atom. The molecular weight excluding hydrogens is 328 g/mol. The number of ether oxygens (including phenoxy) is 2. The van der Waals surface area contributed by atoms with Crippen molar-refractivity contribution in [2.75, 3.05) is 38.3 Å². The molecule has 0 saturated carbocycles. The number of aromatic amines is 1. The van der Waals surface area contributed by atoms with Crippen molar-refractivity contribution in [1.82, 2.24) is 15.0 Å². The molecular formula is C16H20N4O5. The lowest BCUT2D eigenvalue weighted by molar-refractivity contribution is -0.152. The third-order valence-corrected chi connectivity index (χ3v) is 4.76. The number of aryl methyl sites for hydroxylation is 1. The van der Waals surface area contributed by atoms with E-state index in [0.717, 1.165) is 29.2 Å². The molecule has 25 heavy (non-hydrogen) atoms. The minimum absolute atomic E-state index is 0.139. The zero-order valence-electron chi connectivity index (χ0n) is 14.1. The molecule has 0 aliphatic carbocycles. The number of aromatic nitrogens is 3. The molecule has 4 rings (SSSR count). The van der Waals surface area contributed by atoms with Crippen LogP contribution in [0.4, 0.5) is 5.82 Å². The fourth-order valence-corrected chi connectivity index (χ4v) is 3.66. The number of carbonyl (C=O) groups is 2. The van der Waals surface area contributed by atoms with Gasteiger partial charge in [0.25, 0.3) is 6.47 Å². The van der Waals surface area contributed by atoms with Crippen molar-refractivity contribution in [3.05, 3.63) is 18.1 Å². The Morgan fingerprint density at radius 1 is 1.56 bits per heavy atom. The summed E-state index contributed by atoms with van der Waals surface area (Å²) in [4.78, 5) is 35.0. The van der Waals surface area contributed by atoms with Gasteiger partial charge in [-0.05, 0) is 13.0 Å². The molecule has 0 spiro atoms. The van der Waals surface area contributed by atoms with Crippen molar-refractivity contribution in [2.45, 2.75) is 6.92 Å². The first-order valence-electron chi connectivity index (χ1n) is 7.86. The molecule has 2 aromatic rings. The summed E-state index contributed by atoms with van der Waals surface area (Å²) in [5.41, 5.74) is 1.22. The summed E-state index contributed by atoms with van der Waals surface area (Å²) < 4.78 is 10.6. The maximum absolute atomic E-state index is 12.3. The monoisotopic (exact) mass is 348 g/mol. The van der Waals surface area contributed by atoms with Crippen molar-refractivity contribution >= 4 is 29.3 Å². The van der Waals surface area contributed by atoms with Crippen LogP contribution in [0.1, 0.15) is 5.82 Å². The first-order valence-corrected chi connectivity index (χ1v) is 7.86. The second-order valence-corrected chi connectivity index (χ2v) is 6.18. The molecule has 2 aliphatic heterocycles. The number of fused-ring (bicyclic) bond motifs is 2. The van der Waals surface area contributed by atoms with Gasteiger partial charge in [0, 0.05) is 25.2 Å². The summed E-state index contributed by atoms with van der Waals surface area (Å²) in [7, 11) is 1.44. The van der Waals surface area contributed by atoms with E-state index in [0.29, 0.717) is 19.8 Å². The third kappa shape index (κ3) is 2.80. The van der Waals surface area contributed by atoms with Gasteiger partial charge in [-0.3, -0.25) is 9.59 Å². The maximum atomic E-state index is 12.3. The largest absolute Gasteiger partial charge is 0.483 e. The average molecular weight is 348 g/mol. The highest BCUT2D eigenvalue weighted by Gasteiger charge is 2.57. The lowest BCUT2D eigenvalue weighted by Crippen LogP contribution is -2.40. The number of nitrogens with one attached hydrogen (secondary N) is 1. The SMILES string of the molecule is COC(=O)[C@@]12COC[C@@H]1CN(c1nc(C)nc3cc[nH]c13)C2.O=CO. The van der Waals surface area contributed by atoms with E-state index in [-0.39, 0.29) is 18.4 Å². The summed E-state index contributed by atoms with van der Waals surface area (Å²) in [6.45, 7) is 3.93. The van der Waals surface area contributed by atoms with Crippen LogP contribution in [-0.4, -0.2) is 65.9 Å². The van der Waals surface area contributed by atoms with Crippen LogP contribution >= 0.6 is 0 Å². The van der Waals surface area contributed by atoms with Crippen LogP contribution in [0.3, 0.4) is 0 Å². The van der Waals surface area contributed by atoms with Crippen LogP contribution in [0.25, 0.3) is 11.0 Å². The molecule has 2 saturated heterocycles. The molecule has 9 nitrogen and oxygen atoms in total. The number of rotatable bonds is 2. The van der Waals surface area contributed by atoms with Crippen molar-refractivity contribution in [3.8, 4) is 0 Å². The van der Waals surface area contributed by atoms with Crippen molar-refractivity contribution in [3.63, 3.8) is 0 Å². The van der Waals surface area contributed by atoms with Gasteiger partial charge in [0.1, 0.15) is 16.8 Å². The molecule has 2 fully saturated rings. The first kappa shape index (κ1) is 17.2. The topological polar surface area (TPSA) is 118 Å². The number of carbonyl (C=O) groups excluding carboxylic acids is 1. The lowest BCUT2D eigenvalue weighted by atomic mass is 9.81. The highest BCUT2D eigenvalue weighted by Crippen LogP contribution is 2.44. The minimum Gasteiger partial charge on any atom is -0.483 e. The Hall–Kier alpha value is -2.68. The summed E-state index contributed by atoms with van der Waals surface area (Å²) in [6, 6.07) is 1.93. The fraction of sp³-hybridized carbons (Fsp3) is 0.500. The summed E-state index contributed by atoms with van der Waals surface area (Å²) >= 11 is 0. The first-order chi connectivity index (χ1) is 12.1. The van der Waals surface area contributed by atoms with Crippen LogP contribution in [0.5, 0.6) is 0 Å². The van der Waals surface area contributed by atoms with Gasteiger partial charge in [-0.1, -0.05) is 0 Å². The number of esters is 1. The molecule has 4 heterocycles. The Morgan fingerprint density at radius 3 is 3.04 bits per heavy atom. The van der Waals surface area contributed by atoms with Gasteiger partial charge in [-0.25, -0.2) is 9.97 Å². The van der Waals surface area contributed by atoms with Crippen molar-refractivity contribution < 1.29 is 24.2 Å². The molecule has 2 aliphatic rings. The summed E-state index contributed by atoms with van der Waals surface area (Å²) in [6.07, 6.45) is 1.86. The molecule has 2 aromatic heterocycles. The van der Waals surface area contributed by atoms with E-state index in [9.17, 15) is 4.79 Å². The van der Waals surface area contributed by atoms with Gasteiger partial charge < -0.3 is 24.5 Å². The predicted octanol–water partition coefficient (Wildman–Crippen LogP) is 0.593. The average Bonchev–Trinajstić information content (AvgIpc) is 3.27. The van der Waals surface area contributed by atoms with Gasteiger partial charge >= 0.3 is 5.97 Å². The molecule has 2 atom stereocenters. The normalized spacial score (nSPS) is 24.6. The molecule has 0 aromatic carbocycles. The highest BCUT2D eigenvalue weighted by molar-refractivity contribution is 5.87. The Balaban J connectivity index is 0.000000569. The molecule has 0 unspecified atom stereocenters. The van der Waals surface area contributed by atoms with E-state index in [1.165, 1.54) is 7.11 Å². The molecule has 134 valence electrons. The second-order valence-electron chi connectivity index (χ2n) is 6.18. The van der Waals surface area contributed by atoms with E-state index in [1.54, 1.807) is 0 Å². The molecule has 9 heteroatoms. The quantitative estimate of drug-likeness (QED) is 0.598. The Labute approximate surface area is 144 Å². The number of carboxylic acid groups (broad SMARTS) is 1. The van der Waals surface area contributed by atoms with E-state index >= 15 is 0 Å². The van der Waals surface area contributed by atoms with E-state index in [1.807, 2.05) is 19.2 Å². The minimum atomic E-state index is -0.577. The Kier molecular flexibility index (Phi) is 4.58. The zero-order valence-corrected chi connectivity index (χ0v) is 14.1. The second kappa shape index (κ2) is 6.67. The fourth-order valence-electron chi connectivity index (χ4n) is 3.66. The van der Waals surface area contributed by atoms with Crippen LogP contribution in [0.2, 0.25) is 0 Å². The van der Waals surface area contributed by atoms with Gasteiger partial charge in [0.2, 0.25) is 0 Å². The van der Waals surface area contributed by atoms with Crippen LogP contribution in [0, 0.1) is 18.3 Å². The van der Waals surface area contributed by atoms with E-state index in [4.69, 9.17) is 19.4 Å². The number of H-pyrrole nitrogens is 1. The maximum Gasteiger partial charge on any atom is 0.316 e. The zero-order chi connectivity index (χ0) is 18.0. The van der Waals surface area contributed by atoms with Gasteiger partial charge in [0.05, 0.1) is 25.8 Å². The molecule has 2 N–H and O–H groups in total. The number of methoxy groups -OCH3 is 1. The highest BCUT2D eigenvalue weighted by atomic mass is 16.5. The van der Waals surface area contributed by atoms with Crippen molar-refractivity contribution in [1.29, 1.82) is 0 Å². The smallest absolute Gasteiger partial charge is 0.316 e. The molecule has 0 bridgehead atoms. The third-order valence-electron chi connectivity index (χ3n) is 4.76. The van der Waals surface area contributed by atoms with Crippen LogP contribution < -0.4 is 4.90 Å². The van der Waals surface area contributed by atoms with Crippen LogP contribution in [0.15, 0.2) is 12.3 Å². The molecule has 0 radical (unpaired) electrons. The summed E-state index contributed by atoms with van der Waals surface area (Å²) in [5.74, 6) is 1.53. The van der Waals surface area contributed by atoms with E-state index < -0.39 is 5.41 Å². The number of anilines is 1. The van der Waals surface area contributed by atoms with Crippen molar-refractivity contribution in [2.24, 2.45) is 11.3 Å². The number of nitrogens with zero attached hydrogens (tertiary/aromatic N) is 3. The standard InChI is InChI=1S/C15H18N4O3.CH2O2/c1-9-17-11-3-4-16-12(11)13(18-9)19-5-10-6-22-8-15(10,7-19)14(20)21-2;2-1-3/h3-4,10,16H,5-8H2,1-2H3;1H,(H,2,3)/t10-,15-;/m0./s1. The van der Waals surface area contributed by atoms with Gasteiger partial charge in [-0.2, -0.15) is 0 Å². The number of hydrogen-bond donors (Lipinski definition) is 2. The predicted molar refractivity (Wildman–Crippen MR) is 88.3 cm³/mol. The Bertz CT molecular complexity index is 792. The lowest BCUT2D eigenvalue weighted by Gasteiger charge is -2.24. The van der Waals surface area contributed by atoms with E-state index in [2.05, 4.69) is 19.9 Å². The van der Waals surface area contributed by atoms with Gasteiger partial charge in [0.15, 0.2) is 5.82 Å². The number of hydrogen-bond acceptors (Lipinski definition) is 7. The summed E-state index contributed by atoms with van der Waals surface area (Å²) in [5, 5.41) is 6.89. The molecule has 0 amide bonds. The van der Waals surface area contributed by atoms with Crippen LogP contribution in [-0.2, 0) is 19.1 Å². The van der Waals surface area contributed by atoms with Gasteiger partial charge in [-0.15, -0.1) is 0 Å².